The molecule has 0 saturated carbocycles. The molecule has 0 unspecified atom stereocenters. The second-order valence-corrected chi connectivity index (χ2v) is 6.92. The van der Waals surface area contributed by atoms with Crippen LogP contribution in [0.5, 0.6) is 0 Å². The number of carbonyl (C=O) groups excluding carboxylic acids is 1. The number of hydrogen-bond acceptors (Lipinski definition) is 5. The van der Waals surface area contributed by atoms with Crippen LogP contribution in [0, 0.1) is 0 Å². The third-order valence-electron chi connectivity index (χ3n) is 4.33. The summed E-state index contributed by atoms with van der Waals surface area (Å²) in [5.74, 6) is 0.934. The molecule has 0 aliphatic carbocycles. The molecule has 140 valence electrons. The lowest BCUT2D eigenvalue weighted by Crippen LogP contribution is -2.12. The van der Waals surface area contributed by atoms with Gasteiger partial charge < -0.3 is 15.6 Å². The Morgan fingerprint density at radius 2 is 2.08 bits per heavy atom. The summed E-state index contributed by atoms with van der Waals surface area (Å²) in [6.45, 7) is 1.38. The fraction of sp³-hybridized carbons (Fsp3) is 0.353. The number of imidazole rings is 1. The van der Waals surface area contributed by atoms with Gasteiger partial charge in [0.1, 0.15) is 16.5 Å². The van der Waals surface area contributed by atoms with Crippen molar-refractivity contribution in [1.82, 2.24) is 14.5 Å². The summed E-state index contributed by atoms with van der Waals surface area (Å²) in [5, 5.41) is 5.38. The van der Waals surface area contributed by atoms with Gasteiger partial charge in [0.05, 0.1) is 11.0 Å². The first kappa shape index (κ1) is 20.6. The first-order valence-electron chi connectivity index (χ1n) is 8.19. The molecule has 3 aromatic rings. The molecule has 0 radical (unpaired) electrons. The van der Waals surface area contributed by atoms with Crippen LogP contribution in [0.3, 0.4) is 0 Å². The van der Waals surface area contributed by atoms with Crippen molar-refractivity contribution >= 4 is 58.8 Å². The molecule has 0 saturated heterocycles. The molecule has 0 bridgehead atoms. The number of anilines is 1. The van der Waals surface area contributed by atoms with Crippen LogP contribution >= 0.6 is 36.2 Å². The van der Waals surface area contributed by atoms with Crippen LogP contribution in [0.2, 0.25) is 0 Å². The third-order valence-corrected chi connectivity index (χ3v) is 5.20. The zero-order valence-corrected chi connectivity index (χ0v) is 16.6. The quantitative estimate of drug-likeness (QED) is 0.683. The van der Waals surface area contributed by atoms with Gasteiger partial charge in [-0.15, -0.1) is 36.2 Å². The van der Waals surface area contributed by atoms with Gasteiger partial charge in [-0.25, -0.2) is 9.97 Å². The van der Waals surface area contributed by atoms with Crippen molar-refractivity contribution in [3.05, 3.63) is 40.1 Å². The van der Waals surface area contributed by atoms with Crippen molar-refractivity contribution in [2.75, 3.05) is 5.32 Å². The summed E-state index contributed by atoms with van der Waals surface area (Å²) in [6, 6.07) is 5.90. The Labute approximate surface area is 168 Å². The first-order valence-corrected chi connectivity index (χ1v) is 9.07. The van der Waals surface area contributed by atoms with Crippen LogP contribution in [0.15, 0.2) is 23.6 Å². The second kappa shape index (κ2) is 8.81. The first-order chi connectivity index (χ1) is 11.7. The van der Waals surface area contributed by atoms with E-state index in [2.05, 4.69) is 14.9 Å². The summed E-state index contributed by atoms with van der Waals surface area (Å²) in [4.78, 5) is 21.3. The van der Waals surface area contributed by atoms with Crippen molar-refractivity contribution in [1.29, 1.82) is 0 Å². The topological polar surface area (TPSA) is 85.8 Å². The summed E-state index contributed by atoms with van der Waals surface area (Å²) in [5.41, 5.74) is 8.76. The summed E-state index contributed by atoms with van der Waals surface area (Å²) in [6.07, 6.45) is 4.68. The van der Waals surface area contributed by atoms with Crippen LogP contribution in [0.4, 0.5) is 5.69 Å². The number of nitrogens with two attached hydrogens (primary N) is 1. The number of fused-ring (bicyclic) bond motifs is 3. The van der Waals surface area contributed by atoms with Crippen LogP contribution in [0.25, 0.3) is 11.0 Å². The number of hydrogen-bond donors (Lipinski definition) is 2. The number of aromatic nitrogens is 3. The number of rotatable bonds is 3. The number of nitrogens with one attached hydrogen (secondary N) is 1. The summed E-state index contributed by atoms with van der Waals surface area (Å²) < 4.78 is 2.31. The number of benzene rings is 1. The maximum Gasteiger partial charge on any atom is 0.275 e. The van der Waals surface area contributed by atoms with Crippen molar-refractivity contribution in [3.8, 4) is 0 Å². The number of halogens is 2. The van der Waals surface area contributed by atoms with E-state index in [9.17, 15) is 4.79 Å². The van der Waals surface area contributed by atoms with E-state index in [0.717, 1.165) is 40.5 Å². The van der Waals surface area contributed by atoms with E-state index in [1.165, 1.54) is 30.6 Å². The predicted octanol–water partition coefficient (Wildman–Crippen LogP) is 3.77. The highest BCUT2D eigenvalue weighted by Crippen LogP contribution is 2.24. The minimum Gasteiger partial charge on any atom is -0.328 e. The normalized spacial score (nSPS) is 13.3. The van der Waals surface area contributed by atoms with Crippen LogP contribution < -0.4 is 11.1 Å². The van der Waals surface area contributed by atoms with Gasteiger partial charge in [-0.05, 0) is 31.0 Å². The Kier molecular flexibility index (Phi) is 7.00. The van der Waals surface area contributed by atoms with Crippen molar-refractivity contribution in [3.63, 3.8) is 0 Å². The molecule has 26 heavy (non-hydrogen) atoms. The molecule has 0 atom stereocenters. The van der Waals surface area contributed by atoms with E-state index < -0.39 is 0 Å². The predicted molar refractivity (Wildman–Crippen MR) is 110 cm³/mol. The lowest BCUT2D eigenvalue weighted by atomic mass is 10.2. The molecule has 3 N–H and O–H groups in total. The Hall–Kier alpha value is -1.67. The smallest absolute Gasteiger partial charge is 0.275 e. The Bertz CT molecular complexity index is 908. The number of aryl methyl sites for hydroxylation is 2. The molecule has 6 nitrogen and oxygen atoms in total. The lowest BCUT2D eigenvalue weighted by Gasteiger charge is -2.06. The van der Waals surface area contributed by atoms with Gasteiger partial charge in [0, 0.05) is 30.6 Å². The molecule has 1 aromatic carbocycles. The molecule has 4 rings (SSSR count). The third kappa shape index (κ3) is 4.01. The minimum atomic E-state index is -0.217. The molecule has 1 amide bonds. The van der Waals surface area contributed by atoms with Crippen molar-refractivity contribution in [2.45, 2.75) is 38.8 Å². The average Bonchev–Trinajstić information content (AvgIpc) is 3.13. The summed E-state index contributed by atoms with van der Waals surface area (Å²) >= 11 is 1.40. The van der Waals surface area contributed by atoms with E-state index in [1.54, 1.807) is 5.38 Å². The Balaban J connectivity index is 0.00000121. The molecule has 0 fully saturated rings. The molecule has 0 spiro atoms. The molecular weight excluding hydrogens is 393 g/mol. The largest absolute Gasteiger partial charge is 0.328 e. The lowest BCUT2D eigenvalue weighted by molar-refractivity contribution is 0.102. The summed E-state index contributed by atoms with van der Waals surface area (Å²) in [7, 11) is 0. The van der Waals surface area contributed by atoms with Crippen molar-refractivity contribution in [2.24, 2.45) is 5.73 Å². The minimum absolute atomic E-state index is 0. The molecule has 1 aliphatic rings. The number of nitrogens with zero attached hydrogens (tertiary/aromatic N) is 3. The molecular formula is C17H21Cl2N5OS. The van der Waals surface area contributed by atoms with Gasteiger partial charge in [0.15, 0.2) is 0 Å². The van der Waals surface area contributed by atoms with Gasteiger partial charge >= 0.3 is 0 Å². The van der Waals surface area contributed by atoms with Crippen molar-refractivity contribution < 1.29 is 4.79 Å². The fourth-order valence-electron chi connectivity index (χ4n) is 3.13. The van der Waals surface area contributed by atoms with Gasteiger partial charge in [0.2, 0.25) is 0 Å². The van der Waals surface area contributed by atoms with E-state index >= 15 is 0 Å². The van der Waals surface area contributed by atoms with Gasteiger partial charge in [-0.1, -0.05) is 6.42 Å². The molecule has 9 heteroatoms. The van der Waals surface area contributed by atoms with Gasteiger partial charge in [0.25, 0.3) is 5.91 Å². The number of thiazole rings is 1. The Morgan fingerprint density at radius 1 is 1.23 bits per heavy atom. The maximum absolute atomic E-state index is 12.3. The van der Waals surface area contributed by atoms with E-state index in [1.807, 2.05) is 18.2 Å². The van der Waals surface area contributed by atoms with E-state index in [-0.39, 0.29) is 30.7 Å². The standard InChI is InChI=1S/C17H19N5OS.2ClH/c18-9-16-21-13(10-24-16)17(23)19-11-5-6-14-12(8-11)20-15-4-2-1-3-7-22(14)15;;/h5-6,8,10H,1-4,7,9,18H2,(H,19,23);2*1H. The highest BCUT2D eigenvalue weighted by Gasteiger charge is 2.15. The zero-order chi connectivity index (χ0) is 16.5. The second-order valence-electron chi connectivity index (χ2n) is 5.98. The highest BCUT2D eigenvalue weighted by atomic mass is 35.5. The highest BCUT2D eigenvalue weighted by molar-refractivity contribution is 7.09. The monoisotopic (exact) mass is 413 g/mol. The molecule has 3 heterocycles. The number of carbonyl (C=O) groups is 1. The Morgan fingerprint density at radius 3 is 2.85 bits per heavy atom. The average molecular weight is 414 g/mol. The molecule has 2 aromatic heterocycles. The fourth-order valence-corrected chi connectivity index (χ4v) is 3.79. The van der Waals surface area contributed by atoms with Crippen LogP contribution in [-0.2, 0) is 19.5 Å². The van der Waals surface area contributed by atoms with E-state index in [4.69, 9.17) is 10.7 Å². The SMILES string of the molecule is Cl.Cl.NCc1nc(C(=O)Nc2ccc3c(c2)nc2n3CCCCC2)cs1. The van der Waals surface area contributed by atoms with Gasteiger partial charge in [-0.2, -0.15) is 0 Å². The van der Waals surface area contributed by atoms with Crippen LogP contribution in [0.1, 0.15) is 40.6 Å². The van der Waals surface area contributed by atoms with Gasteiger partial charge in [-0.3, -0.25) is 4.79 Å². The van der Waals surface area contributed by atoms with Crippen LogP contribution in [-0.4, -0.2) is 20.4 Å². The van der Waals surface area contributed by atoms with E-state index in [0.29, 0.717) is 12.2 Å². The zero-order valence-electron chi connectivity index (χ0n) is 14.1. The molecule has 1 aliphatic heterocycles. The maximum atomic E-state index is 12.3. The number of amides is 1.